The fourth-order valence-electron chi connectivity index (χ4n) is 1.42. The van der Waals surface area contributed by atoms with Crippen LogP contribution in [0.25, 0.3) is 11.6 Å². The van der Waals surface area contributed by atoms with Crippen LogP contribution in [0, 0.1) is 0 Å². The highest BCUT2D eigenvalue weighted by Crippen LogP contribution is 2.34. The van der Waals surface area contributed by atoms with Crippen molar-refractivity contribution in [1.29, 1.82) is 0 Å². The molecule has 0 N–H and O–H groups in total. The third kappa shape index (κ3) is 3.28. The molecule has 0 aliphatic heterocycles. The Morgan fingerprint density at radius 1 is 1.40 bits per heavy atom. The summed E-state index contributed by atoms with van der Waals surface area (Å²) in [6.07, 6.45) is 2.66. The van der Waals surface area contributed by atoms with Gasteiger partial charge >= 0.3 is 5.51 Å². The molecule has 0 fully saturated rings. The maximum Gasteiger partial charge on any atom is 0.579 e. The maximum absolute atomic E-state index is 12.5. The first-order valence-corrected chi connectivity index (χ1v) is 7.59. The van der Waals surface area contributed by atoms with Crippen molar-refractivity contribution in [3.63, 3.8) is 0 Å². The second-order valence-corrected chi connectivity index (χ2v) is 6.21. The van der Waals surface area contributed by atoms with Gasteiger partial charge in [-0.05, 0) is 11.8 Å². The Labute approximate surface area is 120 Å². The fourth-order valence-corrected chi connectivity index (χ4v) is 2.76. The Morgan fingerprint density at radius 2 is 2.15 bits per heavy atom. The van der Waals surface area contributed by atoms with Gasteiger partial charge in [0.1, 0.15) is 23.1 Å². The summed E-state index contributed by atoms with van der Waals surface area (Å²) in [5.41, 5.74) is -4.68. The normalized spacial score (nSPS) is 13.4. The van der Waals surface area contributed by atoms with Crippen LogP contribution >= 0.6 is 11.8 Å². The molecule has 1 atom stereocenters. The van der Waals surface area contributed by atoms with Gasteiger partial charge in [0, 0.05) is 11.0 Å². The summed E-state index contributed by atoms with van der Waals surface area (Å²) in [7, 11) is 0. The molecule has 2 aromatic heterocycles. The molecule has 9 heteroatoms. The largest absolute Gasteiger partial charge is 0.603 e. The van der Waals surface area contributed by atoms with E-state index in [0.29, 0.717) is 10.6 Å². The molecule has 0 bridgehead atoms. The Balaban J connectivity index is 2.46. The zero-order valence-corrected chi connectivity index (χ0v) is 11.8. The van der Waals surface area contributed by atoms with Crippen LogP contribution in [0.3, 0.4) is 0 Å². The molecule has 2 heterocycles. The molecule has 0 radical (unpaired) electrons. The van der Waals surface area contributed by atoms with Crippen LogP contribution in [0.1, 0.15) is 6.92 Å². The van der Waals surface area contributed by atoms with Gasteiger partial charge in [0.15, 0.2) is 0 Å². The number of rotatable bonds is 4. The van der Waals surface area contributed by atoms with Crippen molar-refractivity contribution in [1.82, 2.24) is 9.97 Å². The smallest absolute Gasteiger partial charge is 0.579 e. The molecule has 2 aromatic rings. The van der Waals surface area contributed by atoms with Gasteiger partial charge in [-0.2, -0.15) is 4.98 Å². The lowest BCUT2D eigenvalue weighted by Gasteiger charge is -2.12. The molecule has 1 unspecified atom stereocenters. The summed E-state index contributed by atoms with van der Waals surface area (Å²) < 4.78 is 53.8. The molecule has 20 heavy (non-hydrogen) atoms. The number of nitrogens with zero attached hydrogens (tertiary/aromatic N) is 2. The summed E-state index contributed by atoms with van der Waals surface area (Å²) in [5.74, 6) is 0.805. The van der Waals surface area contributed by atoms with E-state index in [4.69, 9.17) is 4.42 Å². The predicted octanol–water partition coefficient (Wildman–Crippen LogP) is 3.48. The first-order valence-electron chi connectivity index (χ1n) is 5.45. The third-order valence-corrected chi connectivity index (χ3v) is 4.12. The van der Waals surface area contributed by atoms with Crippen LogP contribution in [0.5, 0.6) is 0 Å². The number of hydrogen-bond donors (Lipinski definition) is 0. The van der Waals surface area contributed by atoms with Gasteiger partial charge < -0.3 is 8.97 Å². The number of oxazole rings is 1. The van der Waals surface area contributed by atoms with Crippen molar-refractivity contribution in [3.8, 4) is 11.6 Å². The van der Waals surface area contributed by atoms with Crippen LogP contribution in [-0.2, 0) is 11.2 Å². The van der Waals surface area contributed by atoms with Crippen molar-refractivity contribution in [2.24, 2.45) is 0 Å². The topological polar surface area (TPSA) is 62.0 Å². The molecule has 108 valence electrons. The van der Waals surface area contributed by atoms with E-state index in [1.165, 1.54) is 30.3 Å². The van der Waals surface area contributed by atoms with E-state index in [1.807, 2.05) is 6.92 Å². The van der Waals surface area contributed by atoms with Crippen LogP contribution in [0.15, 0.2) is 38.9 Å². The van der Waals surface area contributed by atoms with Gasteiger partial charge in [0.05, 0.1) is 6.20 Å². The van der Waals surface area contributed by atoms with E-state index in [9.17, 15) is 17.7 Å². The van der Waals surface area contributed by atoms with E-state index in [1.54, 1.807) is 0 Å². The first kappa shape index (κ1) is 15.2. The predicted molar refractivity (Wildman–Crippen MR) is 68.6 cm³/mol. The van der Waals surface area contributed by atoms with Gasteiger partial charge in [-0.25, -0.2) is 4.98 Å². The van der Waals surface area contributed by atoms with Crippen molar-refractivity contribution in [2.45, 2.75) is 22.4 Å². The summed E-state index contributed by atoms with van der Waals surface area (Å²) in [4.78, 5) is 8.30. The molecule has 2 rings (SSSR count). The number of pyridine rings is 1. The van der Waals surface area contributed by atoms with E-state index in [0.717, 1.165) is 6.07 Å². The molecule has 0 spiro atoms. The summed E-state index contributed by atoms with van der Waals surface area (Å²) in [5, 5.41) is -0.564. The molecular formula is C11H9F3N2O2S2. The Kier molecular flexibility index (Phi) is 4.61. The number of aromatic nitrogens is 2. The Morgan fingerprint density at radius 3 is 2.70 bits per heavy atom. The lowest BCUT2D eigenvalue weighted by molar-refractivity contribution is -0.0437. The van der Waals surface area contributed by atoms with Crippen LogP contribution in [-0.4, -0.2) is 25.8 Å². The van der Waals surface area contributed by atoms with Crippen molar-refractivity contribution < 1.29 is 22.1 Å². The number of alkyl halides is 3. The molecule has 0 aromatic carbocycles. The standard InChI is InChI=1S/C11H9F3N2O2S2/c1-2-19-7-3-4-8(20(17)11(12,13)14)16-9(7)10-15-5-6-18-10/h3-6H,2H2,1H3. The van der Waals surface area contributed by atoms with Crippen LogP contribution < -0.4 is 0 Å². The Bertz CT molecular complexity index is 576. The Hall–Kier alpha value is -1.19. The highest BCUT2D eigenvalue weighted by molar-refractivity contribution is 7.99. The van der Waals surface area contributed by atoms with E-state index < -0.39 is 21.7 Å². The molecular weight excluding hydrogens is 313 g/mol. The minimum atomic E-state index is -4.85. The third-order valence-electron chi connectivity index (χ3n) is 2.17. The highest BCUT2D eigenvalue weighted by atomic mass is 32.2. The van der Waals surface area contributed by atoms with Gasteiger partial charge in [-0.1, -0.05) is 6.92 Å². The molecule has 0 aliphatic rings. The zero-order chi connectivity index (χ0) is 14.8. The summed E-state index contributed by atoms with van der Waals surface area (Å²) >= 11 is -1.79. The number of hydrogen-bond acceptors (Lipinski definition) is 5. The molecule has 0 saturated carbocycles. The van der Waals surface area contributed by atoms with Crippen LogP contribution in [0.4, 0.5) is 13.2 Å². The van der Waals surface area contributed by atoms with Gasteiger partial charge in [0.2, 0.25) is 5.89 Å². The number of thioether (sulfide) groups is 1. The fraction of sp³-hybridized carbons (Fsp3) is 0.273. The molecule has 0 aliphatic carbocycles. The average Bonchev–Trinajstić information content (AvgIpc) is 2.91. The van der Waals surface area contributed by atoms with Crippen molar-refractivity contribution >= 4 is 22.9 Å². The molecule has 4 nitrogen and oxygen atoms in total. The summed E-state index contributed by atoms with van der Waals surface area (Å²) in [6.45, 7) is 1.89. The minimum Gasteiger partial charge on any atom is -0.603 e. The SMILES string of the molecule is CCSc1ccc([S+]([O-])C(F)(F)F)nc1-c1ncco1. The first-order chi connectivity index (χ1) is 9.43. The average molecular weight is 322 g/mol. The second-order valence-electron chi connectivity index (χ2n) is 3.48. The number of halogens is 3. The van der Waals surface area contributed by atoms with E-state index in [2.05, 4.69) is 9.97 Å². The lowest BCUT2D eigenvalue weighted by Crippen LogP contribution is -2.24. The van der Waals surface area contributed by atoms with E-state index in [-0.39, 0.29) is 11.6 Å². The van der Waals surface area contributed by atoms with Gasteiger partial charge in [-0.3, -0.25) is 0 Å². The molecule has 0 saturated heterocycles. The van der Waals surface area contributed by atoms with Crippen LogP contribution in [0.2, 0.25) is 0 Å². The minimum absolute atomic E-state index is 0.0991. The highest BCUT2D eigenvalue weighted by Gasteiger charge is 2.47. The summed E-state index contributed by atoms with van der Waals surface area (Å²) in [6, 6.07) is 2.55. The maximum atomic E-state index is 12.5. The lowest BCUT2D eigenvalue weighted by atomic mass is 10.3. The second kappa shape index (κ2) is 6.06. The molecule has 0 amide bonds. The van der Waals surface area contributed by atoms with Crippen molar-refractivity contribution in [2.75, 3.05) is 5.75 Å². The van der Waals surface area contributed by atoms with Crippen molar-refractivity contribution in [3.05, 3.63) is 24.6 Å². The monoisotopic (exact) mass is 322 g/mol. The van der Waals surface area contributed by atoms with E-state index >= 15 is 0 Å². The van der Waals surface area contributed by atoms with Gasteiger partial charge in [0.25, 0.3) is 5.03 Å². The van der Waals surface area contributed by atoms with Gasteiger partial charge in [-0.15, -0.1) is 24.9 Å². The zero-order valence-electron chi connectivity index (χ0n) is 10.2. The quantitative estimate of drug-likeness (QED) is 0.637.